The standard InChI is InChI=1S/C27H28N4O2/c1-19-26-23(20-11-13-22(33-2)14-12-20)15-16-28-27(26)31(29-19)18-25(32)30-17-7-6-10-24(30)21-8-4-3-5-9-21/h3-5,8-9,11-16,24H,6-7,10,17-18H2,1-2H3. The van der Waals surface area contributed by atoms with Gasteiger partial charge in [-0.3, -0.25) is 4.79 Å². The molecule has 6 heteroatoms. The molecule has 33 heavy (non-hydrogen) atoms. The zero-order valence-corrected chi connectivity index (χ0v) is 19.1. The van der Waals surface area contributed by atoms with Crippen LogP contribution < -0.4 is 4.74 Å². The highest BCUT2D eigenvalue weighted by Crippen LogP contribution is 2.33. The van der Waals surface area contributed by atoms with Crippen LogP contribution in [0.25, 0.3) is 22.2 Å². The van der Waals surface area contributed by atoms with Crippen molar-refractivity contribution in [1.82, 2.24) is 19.7 Å². The van der Waals surface area contributed by atoms with E-state index in [9.17, 15) is 4.79 Å². The second-order valence-electron chi connectivity index (χ2n) is 8.54. The van der Waals surface area contributed by atoms with Crippen LogP contribution in [-0.2, 0) is 11.3 Å². The van der Waals surface area contributed by atoms with Gasteiger partial charge in [-0.2, -0.15) is 5.10 Å². The molecule has 1 fully saturated rings. The molecule has 0 spiro atoms. The SMILES string of the molecule is COc1ccc(-c2ccnc3c2c(C)nn3CC(=O)N2CCCCC2c2ccccc2)cc1. The van der Waals surface area contributed by atoms with E-state index >= 15 is 0 Å². The van der Waals surface area contributed by atoms with Crippen LogP contribution in [0.15, 0.2) is 66.9 Å². The van der Waals surface area contributed by atoms with Crippen LogP contribution in [0.1, 0.15) is 36.6 Å². The first-order chi connectivity index (χ1) is 16.2. The summed E-state index contributed by atoms with van der Waals surface area (Å²) in [6, 6.07) is 20.4. The van der Waals surface area contributed by atoms with E-state index in [2.05, 4.69) is 17.1 Å². The molecule has 168 valence electrons. The van der Waals surface area contributed by atoms with Crippen LogP contribution in [0.2, 0.25) is 0 Å². The summed E-state index contributed by atoms with van der Waals surface area (Å²) in [4.78, 5) is 20.1. The fraction of sp³-hybridized carbons (Fsp3) is 0.296. The molecular weight excluding hydrogens is 412 g/mol. The van der Waals surface area contributed by atoms with Crippen LogP contribution in [-0.4, -0.2) is 39.2 Å². The Hall–Kier alpha value is -3.67. The topological polar surface area (TPSA) is 60.3 Å². The number of hydrogen-bond donors (Lipinski definition) is 0. The largest absolute Gasteiger partial charge is 0.497 e. The molecule has 3 heterocycles. The third-order valence-electron chi connectivity index (χ3n) is 6.50. The summed E-state index contributed by atoms with van der Waals surface area (Å²) in [5, 5.41) is 5.70. The van der Waals surface area contributed by atoms with Gasteiger partial charge in [0.2, 0.25) is 5.91 Å². The number of methoxy groups -OCH3 is 1. The average Bonchev–Trinajstić information content (AvgIpc) is 3.19. The van der Waals surface area contributed by atoms with Gasteiger partial charge in [0, 0.05) is 18.1 Å². The minimum Gasteiger partial charge on any atom is -0.497 e. The first-order valence-corrected chi connectivity index (χ1v) is 11.5. The molecule has 0 bridgehead atoms. The van der Waals surface area contributed by atoms with E-state index in [1.807, 2.05) is 60.4 Å². The van der Waals surface area contributed by atoms with Gasteiger partial charge in [0.05, 0.1) is 18.8 Å². The third-order valence-corrected chi connectivity index (χ3v) is 6.50. The molecule has 0 N–H and O–H groups in total. The zero-order valence-electron chi connectivity index (χ0n) is 19.1. The first kappa shape index (κ1) is 21.2. The van der Waals surface area contributed by atoms with Crippen molar-refractivity contribution in [3.63, 3.8) is 0 Å². The van der Waals surface area contributed by atoms with Gasteiger partial charge >= 0.3 is 0 Å². The number of amides is 1. The predicted molar refractivity (Wildman–Crippen MR) is 129 cm³/mol. The molecule has 5 rings (SSSR count). The molecular formula is C27H28N4O2. The number of carbonyl (C=O) groups is 1. The maximum atomic E-state index is 13.5. The molecule has 2 aromatic carbocycles. The van der Waals surface area contributed by atoms with Gasteiger partial charge in [0.1, 0.15) is 12.3 Å². The van der Waals surface area contributed by atoms with Crippen molar-refractivity contribution >= 4 is 16.9 Å². The third kappa shape index (κ3) is 4.09. The second-order valence-corrected chi connectivity index (χ2v) is 8.54. The Balaban J connectivity index is 1.46. The number of nitrogens with zero attached hydrogens (tertiary/aromatic N) is 4. The van der Waals surface area contributed by atoms with Crippen molar-refractivity contribution in [2.24, 2.45) is 0 Å². The molecule has 0 saturated carbocycles. The molecule has 1 aliphatic rings. The van der Waals surface area contributed by atoms with Gasteiger partial charge < -0.3 is 9.64 Å². The predicted octanol–water partition coefficient (Wildman–Crippen LogP) is 5.17. The smallest absolute Gasteiger partial charge is 0.244 e. The van der Waals surface area contributed by atoms with E-state index in [0.29, 0.717) is 0 Å². The van der Waals surface area contributed by atoms with Gasteiger partial charge in [-0.05, 0) is 61.1 Å². The number of likely N-dealkylation sites (tertiary alicyclic amines) is 1. The molecule has 1 atom stereocenters. The monoisotopic (exact) mass is 440 g/mol. The van der Waals surface area contributed by atoms with Crippen LogP contribution in [0.3, 0.4) is 0 Å². The first-order valence-electron chi connectivity index (χ1n) is 11.5. The number of pyridine rings is 1. The molecule has 1 amide bonds. The minimum absolute atomic E-state index is 0.0876. The Bertz CT molecular complexity index is 1260. The highest BCUT2D eigenvalue weighted by atomic mass is 16.5. The number of benzene rings is 2. The van der Waals surface area contributed by atoms with Crippen LogP contribution in [0, 0.1) is 6.92 Å². The Kier molecular flexibility index (Phi) is 5.82. The van der Waals surface area contributed by atoms with Crippen molar-refractivity contribution < 1.29 is 9.53 Å². The van der Waals surface area contributed by atoms with Gasteiger partial charge in [-0.1, -0.05) is 42.5 Å². The fourth-order valence-electron chi connectivity index (χ4n) is 4.87. The second kappa shape index (κ2) is 9.06. The molecule has 2 aromatic heterocycles. The van der Waals surface area contributed by atoms with Gasteiger partial charge in [-0.15, -0.1) is 0 Å². The summed E-state index contributed by atoms with van der Waals surface area (Å²) in [7, 11) is 1.66. The van der Waals surface area contributed by atoms with Crippen molar-refractivity contribution in [1.29, 1.82) is 0 Å². The lowest BCUT2D eigenvalue weighted by atomic mass is 9.95. The Morgan fingerprint density at radius 2 is 1.85 bits per heavy atom. The summed E-state index contributed by atoms with van der Waals surface area (Å²) < 4.78 is 7.05. The highest BCUT2D eigenvalue weighted by molar-refractivity contribution is 5.95. The number of ether oxygens (including phenoxy) is 1. The highest BCUT2D eigenvalue weighted by Gasteiger charge is 2.28. The maximum absolute atomic E-state index is 13.5. The van der Waals surface area contributed by atoms with E-state index in [1.165, 1.54) is 5.56 Å². The number of carbonyl (C=O) groups excluding carboxylic acids is 1. The number of fused-ring (bicyclic) bond motifs is 1. The Morgan fingerprint density at radius 3 is 2.61 bits per heavy atom. The van der Waals surface area contributed by atoms with Crippen molar-refractivity contribution in [3.05, 3.63) is 78.1 Å². The van der Waals surface area contributed by atoms with E-state index < -0.39 is 0 Å². The van der Waals surface area contributed by atoms with Crippen LogP contribution in [0.5, 0.6) is 5.75 Å². The number of aromatic nitrogens is 3. The zero-order chi connectivity index (χ0) is 22.8. The number of piperidine rings is 1. The lowest BCUT2D eigenvalue weighted by Gasteiger charge is -2.36. The van der Waals surface area contributed by atoms with E-state index in [1.54, 1.807) is 18.0 Å². The molecule has 1 unspecified atom stereocenters. The van der Waals surface area contributed by atoms with E-state index in [4.69, 9.17) is 9.84 Å². The van der Waals surface area contributed by atoms with Crippen molar-refractivity contribution in [2.45, 2.75) is 38.8 Å². The van der Waals surface area contributed by atoms with Crippen LogP contribution in [0.4, 0.5) is 0 Å². The van der Waals surface area contributed by atoms with E-state index in [0.717, 1.165) is 59.4 Å². The lowest BCUT2D eigenvalue weighted by Crippen LogP contribution is -2.40. The summed E-state index contributed by atoms with van der Waals surface area (Å²) in [5.74, 6) is 0.904. The van der Waals surface area contributed by atoms with Gasteiger partial charge in [0.15, 0.2) is 5.65 Å². The molecule has 1 aliphatic heterocycles. The quantitative estimate of drug-likeness (QED) is 0.430. The van der Waals surface area contributed by atoms with Crippen LogP contribution >= 0.6 is 0 Å². The number of hydrogen-bond acceptors (Lipinski definition) is 4. The van der Waals surface area contributed by atoms with E-state index in [-0.39, 0.29) is 18.5 Å². The van der Waals surface area contributed by atoms with Gasteiger partial charge in [-0.25, -0.2) is 9.67 Å². The summed E-state index contributed by atoms with van der Waals surface area (Å²) in [6.07, 6.45) is 4.96. The molecule has 0 radical (unpaired) electrons. The summed E-state index contributed by atoms with van der Waals surface area (Å²) in [5.41, 5.74) is 4.93. The minimum atomic E-state index is 0.0876. The molecule has 1 saturated heterocycles. The normalized spacial score (nSPS) is 16.2. The summed E-state index contributed by atoms with van der Waals surface area (Å²) >= 11 is 0. The maximum Gasteiger partial charge on any atom is 0.244 e. The molecule has 6 nitrogen and oxygen atoms in total. The summed E-state index contributed by atoms with van der Waals surface area (Å²) in [6.45, 7) is 2.94. The average molecular weight is 441 g/mol. The Labute approximate surface area is 193 Å². The lowest BCUT2D eigenvalue weighted by molar-refractivity contribution is -0.135. The number of rotatable bonds is 5. The Morgan fingerprint density at radius 1 is 1.06 bits per heavy atom. The molecule has 0 aliphatic carbocycles. The van der Waals surface area contributed by atoms with Gasteiger partial charge in [0.25, 0.3) is 0 Å². The number of aryl methyl sites for hydroxylation is 1. The fourth-order valence-corrected chi connectivity index (χ4v) is 4.87. The molecule has 4 aromatic rings. The van der Waals surface area contributed by atoms with Crippen molar-refractivity contribution in [3.8, 4) is 16.9 Å². The van der Waals surface area contributed by atoms with Crippen molar-refractivity contribution in [2.75, 3.05) is 13.7 Å².